The molecule has 138 valence electrons. The Bertz CT molecular complexity index is 943. The maximum atomic E-state index is 12.4. The predicted molar refractivity (Wildman–Crippen MR) is 100 cm³/mol. The Morgan fingerprint density at radius 1 is 1.33 bits per heavy atom. The number of carbonyl (C=O) groups excluding carboxylic acids is 2. The summed E-state index contributed by atoms with van der Waals surface area (Å²) < 4.78 is 5.91. The Hall–Kier alpha value is -3.11. The molecule has 0 radical (unpaired) electrons. The van der Waals surface area contributed by atoms with Gasteiger partial charge in [0.15, 0.2) is 0 Å². The third kappa shape index (κ3) is 3.57. The number of rotatable bonds is 3. The average Bonchev–Trinajstić information content (AvgIpc) is 3.11. The number of hydrogen-bond acceptors (Lipinski definition) is 4. The second kappa shape index (κ2) is 7.64. The van der Waals surface area contributed by atoms with E-state index < -0.39 is 24.0 Å². The fraction of sp³-hybridized carbons (Fsp3) is 0.263. The molecular formula is C19H17ClN4O3. The van der Waals surface area contributed by atoms with Gasteiger partial charge in [-0.3, -0.25) is 0 Å². The summed E-state index contributed by atoms with van der Waals surface area (Å²) in [5.74, 6) is 0.0803. The van der Waals surface area contributed by atoms with Crippen LogP contribution in [0.5, 0.6) is 0 Å². The van der Waals surface area contributed by atoms with E-state index in [1.807, 2.05) is 0 Å². The van der Waals surface area contributed by atoms with Crippen molar-refractivity contribution in [1.29, 1.82) is 5.26 Å². The highest BCUT2D eigenvalue weighted by atomic mass is 35.5. The number of nitriles is 1. The van der Waals surface area contributed by atoms with Gasteiger partial charge in [0.2, 0.25) is 0 Å². The van der Waals surface area contributed by atoms with Gasteiger partial charge in [-0.05, 0) is 50.2 Å². The molecule has 0 bridgehead atoms. The Kier molecular flexibility index (Phi) is 5.28. The predicted octanol–water partition coefficient (Wildman–Crippen LogP) is 4.41. The van der Waals surface area contributed by atoms with Crippen molar-refractivity contribution in [1.82, 2.24) is 10.2 Å². The normalized spacial score (nSPS) is 19.4. The number of halogens is 1. The van der Waals surface area contributed by atoms with Gasteiger partial charge in [-0.25, -0.2) is 19.5 Å². The van der Waals surface area contributed by atoms with E-state index in [0.29, 0.717) is 28.8 Å². The number of benzene rings is 1. The van der Waals surface area contributed by atoms with Crippen molar-refractivity contribution >= 4 is 29.4 Å². The van der Waals surface area contributed by atoms with E-state index in [4.69, 9.17) is 16.0 Å². The van der Waals surface area contributed by atoms with Crippen molar-refractivity contribution in [3.05, 3.63) is 47.2 Å². The second-order valence-corrected chi connectivity index (χ2v) is 6.44. The molecule has 0 aliphatic carbocycles. The molecule has 27 heavy (non-hydrogen) atoms. The van der Waals surface area contributed by atoms with Crippen LogP contribution in [0, 0.1) is 17.2 Å². The van der Waals surface area contributed by atoms with Crippen molar-refractivity contribution < 1.29 is 14.0 Å². The Morgan fingerprint density at radius 3 is 2.67 bits per heavy atom. The highest BCUT2D eigenvalue weighted by Crippen LogP contribution is 2.36. The standard InChI is InChI=1S/C19H17ClN4O3/c1-3-22-18(25)24-17(14(10-21)11(2)23-19(24)26)16-9-8-15(27-16)12-4-6-13(20)7-5-12/h4-9,14,17H,3H2,1-2H3,(H,22,25). The molecule has 1 aliphatic rings. The topological polar surface area (TPSA) is 98.7 Å². The number of carbonyl (C=O) groups is 2. The number of nitrogens with one attached hydrogen (secondary N) is 1. The molecule has 8 heteroatoms. The van der Waals surface area contributed by atoms with Crippen LogP contribution in [0.2, 0.25) is 5.02 Å². The number of furan rings is 1. The van der Waals surface area contributed by atoms with E-state index in [9.17, 15) is 14.9 Å². The maximum Gasteiger partial charge on any atom is 0.352 e. The van der Waals surface area contributed by atoms with E-state index >= 15 is 0 Å². The Labute approximate surface area is 161 Å². The monoisotopic (exact) mass is 384 g/mol. The fourth-order valence-electron chi connectivity index (χ4n) is 2.96. The molecule has 3 rings (SSSR count). The van der Waals surface area contributed by atoms with Gasteiger partial charge in [-0.1, -0.05) is 11.6 Å². The van der Waals surface area contributed by atoms with E-state index in [1.165, 1.54) is 0 Å². The van der Waals surface area contributed by atoms with Gasteiger partial charge in [0, 0.05) is 22.8 Å². The minimum Gasteiger partial charge on any atom is -0.459 e. The van der Waals surface area contributed by atoms with Crippen LogP contribution in [-0.4, -0.2) is 29.2 Å². The quantitative estimate of drug-likeness (QED) is 0.847. The molecular weight excluding hydrogens is 368 g/mol. The largest absolute Gasteiger partial charge is 0.459 e. The first-order valence-electron chi connectivity index (χ1n) is 8.37. The van der Waals surface area contributed by atoms with Crippen LogP contribution in [0.4, 0.5) is 9.59 Å². The zero-order valence-corrected chi connectivity index (χ0v) is 15.5. The van der Waals surface area contributed by atoms with Crippen molar-refractivity contribution in [3.63, 3.8) is 0 Å². The highest BCUT2D eigenvalue weighted by Gasteiger charge is 2.43. The van der Waals surface area contributed by atoms with Crippen LogP contribution in [-0.2, 0) is 0 Å². The van der Waals surface area contributed by atoms with Gasteiger partial charge in [0.05, 0.1) is 6.07 Å². The molecule has 0 saturated carbocycles. The molecule has 2 atom stereocenters. The third-order valence-corrected chi connectivity index (χ3v) is 4.51. The maximum absolute atomic E-state index is 12.4. The minimum atomic E-state index is -0.896. The lowest BCUT2D eigenvalue weighted by Gasteiger charge is -2.33. The molecule has 0 saturated heterocycles. The summed E-state index contributed by atoms with van der Waals surface area (Å²) in [5, 5.41) is 12.8. The minimum absolute atomic E-state index is 0.334. The number of amides is 4. The van der Waals surface area contributed by atoms with E-state index in [2.05, 4.69) is 16.4 Å². The number of aliphatic imine (C=N–C) groups is 1. The van der Waals surface area contributed by atoms with E-state index in [0.717, 1.165) is 10.5 Å². The van der Waals surface area contributed by atoms with Crippen LogP contribution in [0.15, 0.2) is 45.8 Å². The van der Waals surface area contributed by atoms with E-state index in [1.54, 1.807) is 50.2 Å². The molecule has 1 N–H and O–H groups in total. The zero-order chi connectivity index (χ0) is 19.6. The highest BCUT2D eigenvalue weighted by molar-refractivity contribution is 6.30. The fourth-order valence-corrected chi connectivity index (χ4v) is 3.08. The molecule has 7 nitrogen and oxygen atoms in total. The zero-order valence-electron chi connectivity index (χ0n) is 14.8. The van der Waals surface area contributed by atoms with Gasteiger partial charge in [0.25, 0.3) is 0 Å². The first kappa shape index (κ1) is 18.7. The smallest absolute Gasteiger partial charge is 0.352 e. The first-order chi connectivity index (χ1) is 13.0. The summed E-state index contributed by atoms with van der Waals surface area (Å²) in [6.45, 7) is 3.67. The summed E-state index contributed by atoms with van der Waals surface area (Å²) in [6, 6.07) is 10.4. The number of imide groups is 1. The Balaban J connectivity index is 2.04. The van der Waals surface area contributed by atoms with Gasteiger partial charge in [-0.2, -0.15) is 5.26 Å². The molecule has 2 heterocycles. The van der Waals surface area contributed by atoms with Crippen LogP contribution in [0.3, 0.4) is 0 Å². The number of hydrogen-bond donors (Lipinski definition) is 1. The van der Waals surface area contributed by atoms with Crippen LogP contribution < -0.4 is 5.32 Å². The van der Waals surface area contributed by atoms with Gasteiger partial charge < -0.3 is 9.73 Å². The van der Waals surface area contributed by atoms with Crippen LogP contribution in [0.25, 0.3) is 11.3 Å². The summed E-state index contributed by atoms with van der Waals surface area (Å²) in [5.41, 5.74) is 1.13. The lowest BCUT2D eigenvalue weighted by atomic mass is 9.92. The molecule has 2 unspecified atom stereocenters. The van der Waals surface area contributed by atoms with E-state index in [-0.39, 0.29) is 0 Å². The van der Waals surface area contributed by atoms with Gasteiger partial charge in [0.1, 0.15) is 23.5 Å². The molecule has 1 aliphatic heterocycles. The molecule has 2 aromatic rings. The van der Waals surface area contributed by atoms with Crippen LogP contribution in [0.1, 0.15) is 25.6 Å². The van der Waals surface area contributed by atoms with Crippen molar-refractivity contribution in [2.75, 3.05) is 6.54 Å². The third-order valence-electron chi connectivity index (χ3n) is 4.25. The second-order valence-electron chi connectivity index (χ2n) is 6.00. The average molecular weight is 385 g/mol. The van der Waals surface area contributed by atoms with Crippen molar-refractivity contribution in [2.24, 2.45) is 10.9 Å². The summed E-state index contributed by atoms with van der Waals surface area (Å²) >= 11 is 5.91. The summed E-state index contributed by atoms with van der Waals surface area (Å²) in [4.78, 5) is 29.6. The first-order valence-corrected chi connectivity index (χ1v) is 8.75. The lowest BCUT2D eigenvalue weighted by molar-refractivity contribution is 0.160. The molecule has 0 spiro atoms. The van der Waals surface area contributed by atoms with Crippen LogP contribution >= 0.6 is 11.6 Å². The molecule has 1 aromatic heterocycles. The number of urea groups is 2. The van der Waals surface area contributed by atoms with Crippen molar-refractivity contribution in [3.8, 4) is 17.4 Å². The summed E-state index contributed by atoms with van der Waals surface area (Å²) in [6.07, 6.45) is 0. The number of nitrogens with zero attached hydrogens (tertiary/aromatic N) is 3. The van der Waals surface area contributed by atoms with Gasteiger partial charge in [-0.15, -0.1) is 0 Å². The lowest BCUT2D eigenvalue weighted by Crippen LogP contribution is -2.50. The Morgan fingerprint density at radius 2 is 2.04 bits per heavy atom. The molecule has 1 aromatic carbocycles. The molecule has 4 amide bonds. The summed E-state index contributed by atoms with van der Waals surface area (Å²) in [7, 11) is 0. The SMILES string of the molecule is CCNC(=O)N1C(=O)N=C(C)C(C#N)C1c1ccc(-c2ccc(Cl)cc2)o1. The van der Waals surface area contributed by atoms with Gasteiger partial charge >= 0.3 is 12.1 Å². The molecule has 0 fully saturated rings. The van der Waals surface area contributed by atoms with Crippen molar-refractivity contribution in [2.45, 2.75) is 19.9 Å².